The Bertz CT molecular complexity index is 369. The summed E-state index contributed by atoms with van der Waals surface area (Å²) in [5, 5.41) is 0. The van der Waals surface area contributed by atoms with Crippen molar-refractivity contribution in [1.29, 1.82) is 0 Å². The molecule has 1 fully saturated rings. The molecule has 1 aliphatic heterocycles. The van der Waals surface area contributed by atoms with E-state index in [1.54, 1.807) is 0 Å². The Balaban J connectivity index is 2.58. The quantitative estimate of drug-likeness (QED) is 0.585. The zero-order chi connectivity index (χ0) is 11.2. The Morgan fingerprint density at radius 1 is 1.27 bits per heavy atom. The first-order valence-corrected chi connectivity index (χ1v) is 5.71. The molecule has 0 bridgehead atoms. The Hall–Kier alpha value is -0.820. The van der Waals surface area contributed by atoms with E-state index < -0.39 is 0 Å². The van der Waals surface area contributed by atoms with Gasteiger partial charge in [-0.2, -0.15) is 0 Å². The van der Waals surface area contributed by atoms with Crippen molar-refractivity contribution in [2.24, 2.45) is 5.92 Å². The Kier molecular flexibility index (Phi) is 2.38. The third kappa shape index (κ3) is 1.69. The molecule has 2 rings (SSSR count). The van der Waals surface area contributed by atoms with Gasteiger partial charge in [-0.05, 0) is 50.3 Å². The second kappa shape index (κ2) is 3.34. The van der Waals surface area contributed by atoms with Crippen molar-refractivity contribution in [2.75, 3.05) is 0 Å². The summed E-state index contributed by atoms with van der Waals surface area (Å²) in [6, 6.07) is 0. The Labute approximate surface area is 92.5 Å². The first kappa shape index (κ1) is 10.7. The maximum absolute atomic E-state index is 6.01. The van der Waals surface area contributed by atoms with Gasteiger partial charge in [-0.15, -0.1) is 0 Å². The first-order valence-electron chi connectivity index (χ1n) is 5.71. The van der Waals surface area contributed by atoms with Gasteiger partial charge < -0.3 is 4.74 Å². The molecule has 1 aliphatic carbocycles. The number of rotatable bonds is 0. The van der Waals surface area contributed by atoms with Crippen LogP contribution in [0.1, 0.15) is 34.6 Å². The highest BCUT2D eigenvalue weighted by atomic mass is 16.5. The average molecular weight is 204 g/mol. The Morgan fingerprint density at radius 3 is 2.60 bits per heavy atom. The van der Waals surface area contributed by atoms with Crippen molar-refractivity contribution in [3.63, 3.8) is 0 Å². The zero-order valence-electron chi connectivity index (χ0n) is 10.3. The van der Waals surface area contributed by atoms with Crippen molar-refractivity contribution >= 4 is 0 Å². The number of hydrogen-bond donors (Lipinski definition) is 0. The van der Waals surface area contributed by atoms with E-state index in [1.807, 2.05) is 0 Å². The fourth-order valence-corrected chi connectivity index (χ4v) is 2.64. The van der Waals surface area contributed by atoms with E-state index in [0.717, 1.165) is 0 Å². The van der Waals surface area contributed by atoms with E-state index in [2.05, 4.69) is 52.8 Å². The molecule has 15 heavy (non-hydrogen) atoms. The van der Waals surface area contributed by atoms with E-state index in [1.165, 1.54) is 16.7 Å². The fraction of sp³-hybridized carbons (Fsp3) is 0.571. The van der Waals surface area contributed by atoms with Crippen LogP contribution in [0.3, 0.4) is 0 Å². The van der Waals surface area contributed by atoms with Gasteiger partial charge in [-0.25, -0.2) is 0 Å². The topological polar surface area (TPSA) is 9.23 Å². The van der Waals surface area contributed by atoms with Crippen LogP contribution in [0.4, 0.5) is 0 Å². The van der Waals surface area contributed by atoms with Crippen LogP contribution in [0.15, 0.2) is 34.9 Å². The molecule has 0 aromatic rings. The number of fused-ring (bicyclic) bond motifs is 1. The van der Waals surface area contributed by atoms with Crippen LogP contribution in [0.5, 0.6) is 0 Å². The summed E-state index contributed by atoms with van der Waals surface area (Å²) in [5.74, 6) is 0.501. The van der Waals surface area contributed by atoms with Crippen molar-refractivity contribution in [3.05, 3.63) is 34.9 Å². The lowest BCUT2D eigenvalue weighted by Gasteiger charge is -2.20. The normalized spacial score (nSPS) is 33.8. The molecule has 0 radical (unpaired) electrons. The molecule has 1 heteroatoms. The van der Waals surface area contributed by atoms with Gasteiger partial charge in [0.25, 0.3) is 0 Å². The van der Waals surface area contributed by atoms with E-state index in [-0.39, 0.29) is 11.7 Å². The van der Waals surface area contributed by atoms with Crippen molar-refractivity contribution in [2.45, 2.75) is 46.3 Å². The van der Waals surface area contributed by atoms with E-state index in [9.17, 15) is 0 Å². The van der Waals surface area contributed by atoms with E-state index in [0.29, 0.717) is 5.92 Å². The molecule has 2 aliphatic rings. The lowest BCUT2D eigenvalue weighted by molar-refractivity contribution is 0.0125. The zero-order valence-corrected chi connectivity index (χ0v) is 10.3. The standard InChI is InChI=1S/C14H20O/c1-9-6-7-10(2)13-11(3)15-14(4,5)12(13)8-9/h6-9,11H,1-5H3. The molecular formula is C14H20O. The predicted octanol–water partition coefficient (Wildman–Crippen LogP) is 3.63. The van der Waals surface area contributed by atoms with Crippen LogP contribution < -0.4 is 0 Å². The van der Waals surface area contributed by atoms with Gasteiger partial charge in [-0.1, -0.05) is 25.2 Å². The highest BCUT2D eigenvalue weighted by Gasteiger charge is 2.39. The third-order valence-electron chi connectivity index (χ3n) is 3.32. The van der Waals surface area contributed by atoms with Crippen molar-refractivity contribution < 1.29 is 4.74 Å². The van der Waals surface area contributed by atoms with Gasteiger partial charge >= 0.3 is 0 Å². The van der Waals surface area contributed by atoms with Gasteiger partial charge in [0.2, 0.25) is 0 Å². The second-order valence-electron chi connectivity index (χ2n) is 5.17. The van der Waals surface area contributed by atoms with Crippen LogP contribution in [0.25, 0.3) is 0 Å². The summed E-state index contributed by atoms with van der Waals surface area (Å²) in [5.41, 5.74) is 3.99. The molecule has 0 spiro atoms. The molecule has 0 aromatic heterocycles. The van der Waals surface area contributed by atoms with Gasteiger partial charge in [0, 0.05) is 0 Å². The molecule has 1 heterocycles. The predicted molar refractivity (Wildman–Crippen MR) is 63.7 cm³/mol. The highest BCUT2D eigenvalue weighted by molar-refractivity contribution is 5.51. The molecule has 2 unspecified atom stereocenters. The van der Waals surface area contributed by atoms with Gasteiger partial charge in [0.05, 0.1) is 11.7 Å². The number of ether oxygens (including phenoxy) is 1. The van der Waals surface area contributed by atoms with Crippen LogP contribution in [0.2, 0.25) is 0 Å². The second-order valence-corrected chi connectivity index (χ2v) is 5.17. The summed E-state index contributed by atoms with van der Waals surface area (Å²) in [6.07, 6.45) is 7.05. The lowest BCUT2D eigenvalue weighted by atomic mass is 9.89. The van der Waals surface area contributed by atoms with Crippen LogP contribution in [-0.4, -0.2) is 11.7 Å². The summed E-state index contributed by atoms with van der Waals surface area (Å²) < 4.78 is 6.01. The van der Waals surface area contributed by atoms with Gasteiger partial charge in [-0.3, -0.25) is 0 Å². The minimum Gasteiger partial charge on any atom is -0.363 e. The van der Waals surface area contributed by atoms with E-state index >= 15 is 0 Å². The molecule has 2 atom stereocenters. The molecule has 82 valence electrons. The molecule has 0 aromatic carbocycles. The summed E-state index contributed by atoms with van der Waals surface area (Å²) >= 11 is 0. The highest BCUT2D eigenvalue weighted by Crippen LogP contribution is 2.42. The largest absolute Gasteiger partial charge is 0.363 e. The summed E-state index contributed by atoms with van der Waals surface area (Å²) in [7, 11) is 0. The number of allylic oxidation sites excluding steroid dienone is 4. The minimum absolute atomic E-state index is 0.129. The van der Waals surface area contributed by atoms with Gasteiger partial charge in [0.15, 0.2) is 0 Å². The first-order chi connectivity index (χ1) is 6.92. The Morgan fingerprint density at radius 2 is 1.93 bits per heavy atom. The van der Waals surface area contributed by atoms with Gasteiger partial charge in [0.1, 0.15) is 0 Å². The van der Waals surface area contributed by atoms with Crippen molar-refractivity contribution in [3.8, 4) is 0 Å². The minimum atomic E-state index is -0.129. The van der Waals surface area contributed by atoms with E-state index in [4.69, 9.17) is 4.74 Å². The lowest BCUT2D eigenvalue weighted by Crippen LogP contribution is -2.21. The smallest absolute Gasteiger partial charge is 0.0884 e. The molecule has 0 N–H and O–H groups in total. The summed E-state index contributed by atoms with van der Waals surface area (Å²) in [4.78, 5) is 0. The monoisotopic (exact) mass is 204 g/mol. The number of hydrogen-bond acceptors (Lipinski definition) is 1. The molecule has 0 amide bonds. The summed E-state index contributed by atoms with van der Waals surface area (Å²) in [6.45, 7) is 10.9. The molecule has 1 nitrogen and oxygen atoms in total. The maximum Gasteiger partial charge on any atom is 0.0884 e. The molecule has 1 saturated heterocycles. The SMILES string of the molecule is CC1=C2C(=CC(C)C=C1)C(C)(C)OC2C. The average Bonchev–Trinajstić information content (AvgIpc) is 2.28. The van der Waals surface area contributed by atoms with Crippen LogP contribution >= 0.6 is 0 Å². The van der Waals surface area contributed by atoms with Crippen LogP contribution in [-0.2, 0) is 4.74 Å². The molecule has 0 saturated carbocycles. The van der Waals surface area contributed by atoms with Crippen LogP contribution in [0, 0.1) is 5.92 Å². The van der Waals surface area contributed by atoms with Crippen molar-refractivity contribution in [1.82, 2.24) is 0 Å². The maximum atomic E-state index is 6.01. The third-order valence-corrected chi connectivity index (χ3v) is 3.32. The molecular weight excluding hydrogens is 184 g/mol. The fourth-order valence-electron chi connectivity index (χ4n) is 2.64.